The zero-order valence-corrected chi connectivity index (χ0v) is 10.6. The van der Waals surface area contributed by atoms with E-state index in [0.717, 1.165) is 16.6 Å². The summed E-state index contributed by atoms with van der Waals surface area (Å²) in [6.45, 7) is 2.82. The predicted molar refractivity (Wildman–Crippen MR) is 67.4 cm³/mol. The van der Waals surface area contributed by atoms with Gasteiger partial charge in [0.25, 0.3) is 0 Å². The summed E-state index contributed by atoms with van der Waals surface area (Å²) in [5, 5.41) is 0.950. The van der Waals surface area contributed by atoms with E-state index in [4.69, 9.17) is 11.2 Å². The summed E-state index contributed by atoms with van der Waals surface area (Å²) in [5.74, 6) is 3.50. The van der Waals surface area contributed by atoms with Gasteiger partial charge in [-0.25, -0.2) is 0 Å². The lowest BCUT2D eigenvalue weighted by Crippen LogP contribution is -2.02. The molecular weight excluding hydrogens is 202 g/mol. The van der Waals surface area contributed by atoms with E-state index in [1.165, 1.54) is 0 Å². The molecule has 0 spiro atoms. The molecule has 0 aliphatic carbocycles. The van der Waals surface area contributed by atoms with Crippen LogP contribution >= 0.6 is 0 Å². The molecule has 0 N–H and O–H groups in total. The molecule has 0 aromatic heterocycles. The molecule has 3 heteroatoms. The van der Waals surface area contributed by atoms with Crippen LogP contribution in [-0.2, 0) is 6.54 Å². The van der Waals surface area contributed by atoms with Crippen molar-refractivity contribution in [1.29, 1.82) is 0 Å². The molecule has 2 nitrogen and oxygen atoms in total. The maximum absolute atomic E-state index is 5.33. The van der Waals surface area contributed by atoms with Crippen molar-refractivity contribution in [3.8, 4) is 18.1 Å². The fourth-order valence-electron chi connectivity index (χ4n) is 1.18. The molecule has 0 saturated heterocycles. The maximum Gasteiger partial charge on any atom is 0.118 e. The van der Waals surface area contributed by atoms with E-state index in [9.17, 15) is 0 Å². The summed E-state index contributed by atoms with van der Waals surface area (Å²) in [7, 11) is 1.35. The lowest BCUT2D eigenvalue weighted by molar-refractivity contribution is 0.414. The van der Waals surface area contributed by atoms with E-state index >= 15 is 0 Å². The zero-order valence-electron chi connectivity index (χ0n) is 9.16. The molecule has 0 atom stereocenters. The summed E-state index contributed by atoms with van der Waals surface area (Å²) in [6, 6.07) is 7.88. The second kappa shape index (κ2) is 6.05. The summed E-state index contributed by atoms with van der Waals surface area (Å²) >= 11 is 0. The molecule has 15 heavy (non-hydrogen) atoms. The smallest absolute Gasteiger partial charge is 0.118 e. The molecule has 0 amide bonds. The van der Waals surface area contributed by atoms with Crippen molar-refractivity contribution >= 4 is 14.9 Å². The van der Waals surface area contributed by atoms with Crippen LogP contribution in [0.15, 0.2) is 29.3 Å². The van der Waals surface area contributed by atoms with E-state index in [-0.39, 0.29) is 9.52 Å². The molecule has 0 saturated carbocycles. The topological polar surface area (TPSA) is 21.6 Å². The first-order chi connectivity index (χ1) is 7.30. The van der Waals surface area contributed by atoms with Gasteiger partial charge in [-0.1, -0.05) is 24.6 Å². The normalized spacial score (nSPS) is 11.7. The number of ether oxygens (including phenoxy) is 1. The zero-order chi connectivity index (χ0) is 11.1. The highest BCUT2D eigenvalue weighted by Gasteiger charge is 1.94. The second-order valence-corrected chi connectivity index (χ2v) is 4.49. The van der Waals surface area contributed by atoms with Crippen LogP contribution in [0.3, 0.4) is 0 Å². The number of terminal acetylenes is 1. The monoisotopic (exact) mass is 217 g/mol. The molecule has 0 radical (unpaired) electrons. The Morgan fingerprint density at radius 1 is 1.47 bits per heavy atom. The molecule has 0 aliphatic heterocycles. The Bertz CT molecular complexity index is 376. The lowest BCUT2D eigenvalue weighted by Gasteiger charge is -2.01. The molecule has 78 valence electrons. The van der Waals surface area contributed by atoms with Crippen LogP contribution in [0.5, 0.6) is 5.75 Å². The Kier molecular flexibility index (Phi) is 4.65. The first kappa shape index (κ1) is 11.5. The number of hydrogen-bond acceptors (Lipinski definition) is 2. The number of methoxy groups -OCH3 is 1. The minimum atomic E-state index is -0.311. The fourth-order valence-corrected chi connectivity index (χ4v) is 1.72. The molecule has 0 aliphatic rings. The van der Waals surface area contributed by atoms with Crippen molar-refractivity contribution in [3.63, 3.8) is 0 Å². The van der Waals surface area contributed by atoms with Gasteiger partial charge in [-0.05, 0) is 17.7 Å². The SMILES string of the molecule is C#CC(=NCc1ccc(OC)cc1)[SiH2]C. The third kappa shape index (κ3) is 3.60. The van der Waals surface area contributed by atoms with Gasteiger partial charge < -0.3 is 4.74 Å². The molecular formula is C12H15NOSi. The van der Waals surface area contributed by atoms with Crippen molar-refractivity contribution in [2.45, 2.75) is 13.1 Å². The van der Waals surface area contributed by atoms with E-state index in [1.807, 2.05) is 24.3 Å². The highest BCUT2D eigenvalue weighted by molar-refractivity contribution is 6.78. The summed E-state index contributed by atoms with van der Waals surface area (Å²) in [4.78, 5) is 4.39. The average molecular weight is 217 g/mol. The van der Waals surface area contributed by atoms with Gasteiger partial charge in [-0.2, -0.15) is 0 Å². The average Bonchev–Trinajstić information content (AvgIpc) is 2.31. The Morgan fingerprint density at radius 2 is 2.13 bits per heavy atom. The van der Waals surface area contributed by atoms with Crippen LogP contribution in [0.25, 0.3) is 0 Å². The molecule has 0 heterocycles. The van der Waals surface area contributed by atoms with Crippen molar-refractivity contribution in [2.24, 2.45) is 4.99 Å². The standard InChI is InChI=1S/C12H15NOSi/c1-4-12(15-3)13-9-10-5-7-11(14-2)8-6-10/h1,5-8H,9,15H2,2-3H3. The Balaban J connectivity index is 2.66. The summed E-state index contributed by atoms with van der Waals surface area (Å²) in [5.41, 5.74) is 1.16. The van der Waals surface area contributed by atoms with Gasteiger partial charge in [0.2, 0.25) is 0 Å². The minimum absolute atomic E-state index is 0.311. The van der Waals surface area contributed by atoms with Gasteiger partial charge in [0, 0.05) is 0 Å². The second-order valence-electron chi connectivity index (χ2n) is 3.11. The molecule has 0 unspecified atom stereocenters. The van der Waals surface area contributed by atoms with E-state index in [0.29, 0.717) is 6.54 Å². The van der Waals surface area contributed by atoms with Crippen molar-refractivity contribution in [3.05, 3.63) is 29.8 Å². The van der Waals surface area contributed by atoms with E-state index in [1.54, 1.807) is 7.11 Å². The summed E-state index contributed by atoms with van der Waals surface area (Å²) < 4.78 is 5.08. The molecule has 0 fully saturated rings. The molecule has 1 aromatic carbocycles. The fraction of sp³-hybridized carbons (Fsp3) is 0.250. The van der Waals surface area contributed by atoms with Gasteiger partial charge in [0.1, 0.15) is 5.75 Å². The van der Waals surface area contributed by atoms with Crippen LogP contribution in [0.1, 0.15) is 5.56 Å². The number of rotatable bonds is 4. The largest absolute Gasteiger partial charge is 0.497 e. The van der Waals surface area contributed by atoms with E-state index < -0.39 is 0 Å². The first-order valence-corrected chi connectivity index (χ1v) is 7.05. The Labute approximate surface area is 93.2 Å². The number of aliphatic imine (C=N–C) groups is 1. The van der Waals surface area contributed by atoms with Crippen LogP contribution in [-0.4, -0.2) is 22.0 Å². The Morgan fingerprint density at radius 3 is 2.60 bits per heavy atom. The van der Waals surface area contributed by atoms with Gasteiger partial charge >= 0.3 is 0 Å². The van der Waals surface area contributed by atoms with Crippen LogP contribution < -0.4 is 4.74 Å². The highest BCUT2D eigenvalue weighted by atomic mass is 28.2. The molecule has 1 aromatic rings. The number of nitrogens with zero attached hydrogens (tertiary/aromatic N) is 1. The predicted octanol–water partition coefficient (Wildman–Crippen LogP) is 1.44. The van der Waals surface area contributed by atoms with Gasteiger partial charge in [-0.15, -0.1) is 6.42 Å². The lowest BCUT2D eigenvalue weighted by atomic mass is 10.2. The number of hydrogen-bond donors (Lipinski definition) is 0. The quantitative estimate of drug-likeness (QED) is 0.425. The molecule has 0 bridgehead atoms. The van der Waals surface area contributed by atoms with Gasteiger partial charge in [0.05, 0.1) is 28.5 Å². The van der Waals surface area contributed by atoms with Crippen LogP contribution in [0, 0.1) is 12.3 Å². The highest BCUT2D eigenvalue weighted by Crippen LogP contribution is 2.11. The Hall–Kier alpha value is -1.53. The third-order valence-corrected chi connectivity index (χ3v) is 3.21. The van der Waals surface area contributed by atoms with E-state index in [2.05, 4.69) is 17.5 Å². The first-order valence-electron chi connectivity index (χ1n) is 4.93. The van der Waals surface area contributed by atoms with Crippen molar-refractivity contribution in [1.82, 2.24) is 0 Å². The van der Waals surface area contributed by atoms with Crippen LogP contribution in [0.4, 0.5) is 0 Å². The van der Waals surface area contributed by atoms with Crippen molar-refractivity contribution in [2.75, 3.05) is 7.11 Å². The van der Waals surface area contributed by atoms with Gasteiger partial charge in [0.15, 0.2) is 0 Å². The molecule has 1 rings (SSSR count). The summed E-state index contributed by atoms with van der Waals surface area (Å²) in [6.07, 6.45) is 5.33. The number of benzene rings is 1. The van der Waals surface area contributed by atoms with Gasteiger partial charge in [-0.3, -0.25) is 4.99 Å². The van der Waals surface area contributed by atoms with Crippen molar-refractivity contribution < 1.29 is 4.74 Å². The van der Waals surface area contributed by atoms with Crippen LogP contribution in [0.2, 0.25) is 6.55 Å². The maximum atomic E-state index is 5.33. The minimum Gasteiger partial charge on any atom is -0.497 e. The third-order valence-electron chi connectivity index (χ3n) is 2.11.